The number of nitrogens with zero attached hydrogens (tertiary/aromatic N) is 1. The summed E-state index contributed by atoms with van der Waals surface area (Å²) in [5, 5.41) is 19.4. The molecular weight excluding hydrogens is 258 g/mol. The van der Waals surface area contributed by atoms with E-state index in [9.17, 15) is 19.7 Å². The Labute approximate surface area is 107 Å². The Morgan fingerprint density at radius 3 is 2.37 bits per heavy atom. The predicted octanol–water partition coefficient (Wildman–Crippen LogP) is 1.27. The van der Waals surface area contributed by atoms with Gasteiger partial charge >= 0.3 is 11.7 Å². The maximum Gasteiger partial charge on any atom is 0.315 e. The molecule has 0 radical (unpaired) electrons. The number of hydrogen-bond acceptors (Lipinski definition) is 6. The van der Waals surface area contributed by atoms with Crippen molar-refractivity contribution in [1.82, 2.24) is 0 Å². The molecule has 1 aromatic carbocycles. The molecule has 0 unspecified atom stereocenters. The third kappa shape index (κ3) is 3.18. The van der Waals surface area contributed by atoms with Crippen LogP contribution >= 0.6 is 0 Å². The molecule has 0 spiro atoms. The number of Topliss-reactive ketones (excluding diaryl/α,β-unsaturated/α-hetero) is 1. The normalized spacial score (nSPS) is 9.79. The van der Waals surface area contributed by atoms with Crippen LogP contribution in [0.1, 0.15) is 16.8 Å². The van der Waals surface area contributed by atoms with E-state index in [0.29, 0.717) is 0 Å². The van der Waals surface area contributed by atoms with Crippen LogP contribution in [0.4, 0.5) is 5.69 Å². The van der Waals surface area contributed by atoms with Crippen molar-refractivity contribution < 1.29 is 29.1 Å². The zero-order valence-electron chi connectivity index (χ0n) is 10.2. The number of benzene rings is 1. The van der Waals surface area contributed by atoms with Gasteiger partial charge < -0.3 is 14.6 Å². The molecule has 0 atom stereocenters. The quantitative estimate of drug-likeness (QED) is 0.357. The van der Waals surface area contributed by atoms with Crippen LogP contribution in [0.25, 0.3) is 0 Å². The van der Waals surface area contributed by atoms with E-state index in [1.165, 1.54) is 20.3 Å². The zero-order chi connectivity index (χ0) is 14.6. The molecule has 1 rings (SSSR count). The molecule has 0 fully saturated rings. The standard InChI is InChI=1S/C11H11NO7/c1-18-9-4-6(8(13)5-10(14)15)3-7(12(16)17)11(9)19-2/h3-4H,5H2,1-2H3,(H,14,15). The molecule has 0 saturated heterocycles. The van der Waals surface area contributed by atoms with Gasteiger partial charge in [0.25, 0.3) is 0 Å². The van der Waals surface area contributed by atoms with E-state index in [4.69, 9.17) is 14.6 Å². The molecule has 8 heteroatoms. The highest BCUT2D eigenvalue weighted by molar-refractivity contribution is 6.06. The Morgan fingerprint density at radius 1 is 1.32 bits per heavy atom. The first-order valence-corrected chi connectivity index (χ1v) is 5.06. The van der Waals surface area contributed by atoms with Crippen LogP contribution in [0.5, 0.6) is 11.5 Å². The van der Waals surface area contributed by atoms with Crippen molar-refractivity contribution in [1.29, 1.82) is 0 Å². The van der Waals surface area contributed by atoms with Crippen molar-refractivity contribution in [3.63, 3.8) is 0 Å². The van der Waals surface area contributed by atoms with Crippen molar-refractivity contribution >= 4 is 17.4 Å². The van der Waals surface area contributed by atoms with E-state index in [1.54, 1.807) is 0 Å². The van der Waals surface area contributed by atoms with Crippen molar-refractivity contribution in [3.8, 4) is 11.5 Å². The highest BCUT2D eigenvalue weighted by atomic mass is 16.6. The van der Waals surface area contributed by atoms with Crippen LogP contribution in [0.15, 0.2) is 12.1 Å². The maximum absolute atomic E-state index is 11.6. The maximum atomic E-state index is 11.6. The van der Waals surface area contributed by atoms with E-state index < -0.39 is 28.8 Å². The molecule has 102 valence electrons. The fourth-order valence-corrected chi connectivity index (χ4v) is 1.48. The summed E-state index contributed by atoms with van der Waals surface area (Å²) in [5.74, 6) is -2.20. The number of carboxylic acids is 1. The fraction of sp³-hybridized carbons (Fsp3) is 0.273. The van der Waals surface area contributed by atoms with Gasteiger partial charge in [-0.3, -0.25) is 19.7 Å². The Morgan fingerprint density at radius 2 is 1.95 bits per heavy atom. The molecule has 0 saturated carbocycles. The average Bonchev–Trinajstić information content (AvgIpc) is 2.35. The van der Waals surface area contributed by atoms with Crippen molar-refractivity contribution in [2.45, 2.75) is 6.42 Å². The molecule has 19 heavy (non-hydrogen) atoms. The Kier molecular flexibility index (Phi) is 4.41. The van der Waals surface area contributed by atoms with E-state index in [0.717, 1.165) is 6.07 Å². The monoisotopic (exact) mass is 269 g/mol. The summed E-state index contributed by atoms with van der Waals surface area (Å²) in [4.78, 5) is 32.2. The third-order valence-electron chi connectivity index (χ3n) is 2.29. The molecule has 0 aromatic heterocycles. The molecule has 0 aliphatic carbocycles. The second-order valence-electron chi connectivity index (χ2n) is 3.48. The highest BCUT2D eigenvalue weighted by Crippen LogP contribution is 2.38. The first-order valence-electron chi connectivity index (χ1n) is 5.06. The second-order valence-corrected chi connectivity index (χ2v) is 3.48. The van der Waals surface area contributed by atoms with Crippen LogP contribution in [0, 0.1) is 10.1 Å². The van der Waals surface area contributed by atoms with Crippen LogP contribution in [-0.2, 0) is 4.79 Å². The van der Waals surface area contributed by atoms with Gasteiger partial charge in [0.2, 0.25) is 5.75 Å². The van der Waals surface area contributed by atoms with E-state index in [-0.39, 0.29) is 17.1 Å². The van der Waals surface area contributed by atoms with Crippen LogP contribution < -0.4 is 9.47 Å². The number of rotatable bonds is 6. The SMILES string of the molecule is COc1cc(C(=O)CC(=O)O)cc([N+](=O)[O-])c1OC. The first-order chi connectivity index (χ1) is 8.90. The number of methoxy groups -OCH3 is 2. The summed E-state index contributed by atoms with van der Waals surface area (Å²) in [6.45, 7) is 0. The van der Waals surface area contributed by atoms with Gasteiger partial charge in [-0.2, -0.15) is 0 Å². The van der Waals surface area contributed by atoms with Crippen LogP contribution in [0.2, 0.25) is 0 Å². The summed E-state index contributed by atoms with van der Waals surface area (Å²) < 4.78 is 9.74. The van der Waals surface area contributed by atoms with Gasteiger partial charge in [-0.15, -0.1) is 0 Å². The number of nitro benzene ring substituents is 1. The molecule has 0 amide bonds. The minimum atomic E-state index is -1.32. The van der Waals surface area contributed by atoms with Crippen molar-refractivity contribution in [2.75, 3.05) is 14.2 Å². The third-order valence-corrected chi connectivity index (χ3v) is 2.29. The smallest absolute Gasteiger partial charge is 0.315 e. The molecule has 0 heterocycles. The van der Waals surface area contributed by atoms with Gasteiger partial charge in [0.15, 0.2) is 11.5 Å². The van der Waals surface area contributed by atoms with Gasteiger partial charge in [0.05, 0.1) is 19.1 Å². The predicted molar refractivity (Wildman–Crippen MR) is 62.8 cm³/mol. The van der Waals surface area contributed by atoms with E-state index >= 15 is 0 Å². The molecule has 0 bridgehead atoms. The summed E-state index contributed by atoms with van der Waals surface area (Å²) in [6.07, 6.45) is -0.757. The number of nitro groups is 1. The lowest BCUT2D eigenvalue weighted by molar-refractivity contribution is -0.385. The minimum Gasteiger partial charge on any atom is -0.493 e. The number of aliphatic carboxylic acids is 1. The molecule has 1 N–H and O–H groups in total. The molecule has 0 aliphatic heterocycles. The average molecular weight is 269 g/mol. The summed E-state index contributed by atoms with van der Waals surface area (Å²) in [7, 11) is 2.48. The van der Waals surface area contributed by atoms with Gasteiger partial charge in [0.1, 0.15) is 6.42 Å². The topological polar surface area (TPSA) is 116 Å². The molecule has 1 aromatic rings. The fourth-order valence-electron chi connectivity index (χ4n) is 1.48. The summed E-state index contributed by atoms with van der Waals surface area (Å²) in [6, 6.07) is 2.17. The molecule has 8 nitrogen and oxygen atoms in total. The number of hydrogen-bond donors (Lipinski definition) is 1. The van der Waals surface area contributed by atoms with Gasteiger partial charge in [-0.1, -0.05) is 0 Å². The molecule has 0 aliphatic rings. The number of ether oxygens (including phenoxy) is 2. The van der Waals surface area contributed by atoms with Gasteiger partial charge in [-0.05, 0) is 6.07 Å². The Hall–Kier alpha value is -2.64. The molecular formula is C11H11NO7. The number of carboxylic acid groups (broad SMARTS) is 1. The van der Waals surface area contributed by atoms with Crippen molar-refractivity contribution in [2.24, 2.45) is 0 Å². The van der Waals surface area contributed by atoms with E-state index in [1.807, 2.05) is 0 Å². The number of ketones is 1. The second kappa shape index (κ2) is 5.80. The Balaban J connectivity index is 3.36. The summed E-state index contributed by atoms with van der Waals surface area (Å²) in [5.41, 5.74) is -0.581. The Bertz CT molecular complexity index is 538. The largest absolute Gasteiger partial charge is 0.493 e. The zero-order valence-corrected chi connectivity index (χ0v) is 10.2. The van der Waals surface area contributed by atoms with E-state index in [2.05, 4.69) is 0 Å². The number of carbonyl (C=O) groups is 2. The highest BCUT2D eigenvalue weighted by Gasteiger charge is 2.24. The lowest BCUT2D eigenvalue weighted by Crippen LogP contribution is -2.08. The van der Waals surface area contributed by atoms with Gasteiger partial charge in [0, 0.05) is 11.6 Å². The number of carbonyl (C=O) groups excluding carboxylic acids is 1. The van der Waals surface area contributed by atoms with Crippen LogP contribution in [-0.4, -0.2) is 36.0 Å². The minimum absolute atomic E-state index is 0.00885. The van der Waals surface area contributed by atoms with Crippen LogP contribution in [0.3, 0.4) is 0 Å². The summed E-state index contributed by atoms with van der Waals surface area (Å²) >= 11 is 0. The lowest BCUT2D eigenvalue weighted by Gasteiger charge is -2.09. The lowest BCUT2D eigenvalue weighted by atomic mass is 10.1. The van der Waals surface area contributed by atoms with Crippen molar-refractivity contribution in [3.05, 3.63) is 27.8 Å². The van der Waals surface area contributed by atoms with Gasteiger partial charge in [-0.25, -0.2) is 0 Å². The first kappa shape index (κ1) is 14.4.